The van der Waals surface area contributed by atoms with E-state index >= 15 is 0 Å². The Hall–Kier alpha value is -0.260. The number of unbranched alkanes of at least 4 members (excludes halogenated alkanes) is 3. The summed E-state index contributed by atoms with van der Waals surface area (Å²) in [4.78, 5) is 0. The van der Waals surface area contributed by atoms with Gasteiger partial charge in [0.15, 0.2) is 0 Å². The summed E-state index contributed by atoms with van der Waals surface area (Å²) in [6.07, 6.45) is 13.3. The second-order valence-corrected chi connectivity index (χ2v) is 5.16. The Labute approximate surface area is 83.4 Å². The first-order chi connectivity index (χ1) is 6.14. The van der Waals surface area contributed by atoms with Crippen LogP contribution in [0.3, 0.4) is 0 Å². The second kappa shape index (κ2) is 4.83. The monoisotopic (exact) mass is 180 g/mol. The molecule has 1 aliphatic rings. The molecule has 0 radical (unpaired) electrons. The maximum absolute atomic E-state index is 2.44. The molecule has 0 spiro atoms. The van der Waals surface area contributed by atoms with E-state index in [-0.39, 0.29) is 0 Å². The van der Waals surface area contributed by atoms with Gasteiger partial charge in [-0.3, -0.25) is 0 Å². The molecule has 0 aromatic heterocycles. The van der Waals surface area contributed by atoms with Crippen LogP contribution in [0.15, 0.2) is 12.2 Å². The van der Waals surface area contributed by atoms with Gasteiger partial charge in [-0.1, -0.05) is 58.6 Å². The Morgan fingerprint density at radius 1 is 1.23 bits per heavy atom. The molecule has 0 aromatic rings. The van der Waals surface area contributed by atoms with Crippen molar-refractivity contribution >= 4 is 0 Å². The summed E-state index contributed by atoms with van der Waals surface area (Å²) in [6.45, 7) is 6.96. The maximum atomic E-state index is 2.44. The van der Waals surface area contributed by atoms with Gasteiger partial charge in [-0.05, 0) is 24.2 Å². The molecule has 0 aromatic carbocycles. The lowest BCUT2D eigenvalue weighted by Crippen LogP contribution is -2.05. The number of allylic oxidation sites excluding steroid dienone is 2. The van der Waals surface area contributed by atoms with Gasteiger partial charge in [-0.2, -0.15) is 0 Å². The standard InChI is InChI=1S/C13H24/c1-4-5-6-7-8-12-9-10-13(2,3)11-12/h9-10,12H,4-8,11H2,1-3H3. The van der Waals surface area contributed by atoms with E-state index in [0.29, 0.717) is 5.41 Å². The van der Waals surface area contributed by atoms with E-state index < -0.39 is 0 Å². The minimum Gasteiger partial charge on any atom is -0.0849 e. The highest BCUT2D eigenvalue weighted by molar-refractivity contribution is 5.06. The Bertz CT molecular complexity index is 165. The van der Waals surface area contributed by atoms with Crippen molar-refractivity contribution in [2.24, 2.45) is 11.3 Å². The predicted molar refractivity (Wildman–Crippen MR) is 59.8 cm³/mol. The third-order valence-electron chi connectivity index (χ3n) is 3.04. The fourth-order valence-corrected chi connectivity index (χ4v) is 2.24. The number of hydrogen-bond acceptors (Lipinski definition) is 0. The molecule has 0 bridgehead atoms. The van der Waals surface area contributed by atoms with Crippen LogP contribution in [0.2, 0.25) is 0 Å². The van der Waals surface area contributed by atoms with Crippen LogP contribution in [-0.2, 0) is 0 Å². The van der Waals surface area contributed by atoms with Crippen LogP contribution in [0.5, 0.6) is 0 Å². The van der Waals surface area contributed by atoms with Crippen molar-refractivity contribution in [3.05, 3.63) is 12.2 Å². The maximum Gasteiger partial charge on any atom is -0.0169 e. The largest absolute Gasteiger partial charge is 0.0849 e. The van der Waals surface area contributed by atoms with Gasteiger partial charge in [0.2, 0.25) is 0 Å². The molecule has 0 heteroatoms. The molecule has 0 nitrogen and oxygen atoms in total. The van der Waals surface area contributed by atoms with Crippen molar-refractivity contribution in [3.63, 3.8) is 0 Å². The molecule has 76 valence electrons. The Morgan fingerprint density at radius 3 is 2.54 bits per heavy atom. The molecule has 1 rings (SSSR count). The van der Waals surface area contributed by atoms with E-state index in [4.69, 9.17) is 0 Å². The fraction of sp³-hybridized carbons (Fsp3) is 0.846. The topological polar surface area (TPSA) is 0 Å². The molecule has 0 amide bonds. The number of rotatable bonds is 5. The molecular weight excluding hydrogens is 156 g/mol. The molecule has 1 atom stereocenters. The highest BCUT2D eigenvalue weighted by Gasteiger charge is 2.24. The van der Waals surface area contributed by atoms with Gasteiger partial charge >= 0.3 is 0 Å². The van der Waals surface area contributed by atoms with Crippen LogP contribution in [0, 0.1) is 11.3 Å². The summed E-state index contributed by atoms with van der Waals surface area (Å²) in [5, 5.41) is 0. The third-order valence-corrected chi connectivity index (χ3v) is 3.04. The highest BCUT2D eigenvalue weighted by Crippen LogP contribution is 2.36. The first-order valence-electron chi connectivity index (χ1n) is 5.83. The third kappa shape index (κ3) is 3.97. The van der Waals surface area contributed by atoms with Crippen LogP contribution in [0.25, 0.3) is 0 Å². The zero-order valence-electron chi connectivity index (χ0n) is 9.47. The lowest BCUT2D eigenvalue weighted by atomic mass is 9.88. The quantitative estimate of drug-likeness (QED) is 0.430. The summed E-state index contributed by atoms with van der Waals surface area (Å²) in [5.41, 5.74) is 0.482. The molecule has 0 saturated heterocycles. The minimum atomic E-state index is 0.482. The van der Waals surface area contributed by atoms with Crippen molar-refractivity contribution < 1.29 is 0 Å². The first-order valence-corrected chi connectivity index (χ1v) is 5.83. The lowest BCUT2D eigenvalue weighted by Gasteiger charge is -2.17. The van der Waals surface area contributed by atoms with E-state index in [2.05, 4.69) is 32.9 Å². The van der Waals surface area contributed by atoms with Gasteiger partial charge < -0.3 is 0 Å². The summed E-state index contributed by atoms with van der Waals surface area (Å²) in [5.74, 6) is 0.881. The van der Waals surface area contributed by atoms with Gasteiger partial charge in [0.1, 0.15) is 0 Å². The second-order valence-electron chi connectivity index (χ2n) is 5.16. The van der Waals surface area contributed by atoms with Crippen LogP contribution in [-0.4, -0.2) is 0 Å². The number of hydrogen-bond donors (Lipinski definition) is 0. The summed E-state index contributed by atoms with van der Waals surface area (Å²) in [6, 6.07) is 0. The zero-order chi connectivity index (χ0) is 9.73. The summed E-state index contributed by atoms with van der Waals surface area (Å²) < 4.78 is 0. The van der Waals surface area contributed by atoms with Crippen molar-refractivity contribution in [2.45, 2.75) is 59.3 Å². The average molecular weight is 180 g/mol. The van der Waals surface area contributed by atoms with E-state index in [9.17, 15) is 0 Å². The molecule has 0 heterocycles. The van der Waals surface area contributed by atoms with Crippen molar-refractivity contribution in [3.8, 4) is 0 Å². The Balaban J connectivity index is 2.08. The van der Waals surface area contributed by atoms with Gasteiger partial charge in [-0.25, -0.2) is 0 Å². The SMILES string of the molecule is CCCCCCC1C=CC(C)(C)C1. The minimum absolute atomic E-state index is 0.482. The lowest BCUT2D eigenvalue weighted by molar-refractivity contribution is 0.387. The molecule has 0 fully saturated rings. The average Bonchev–Trinajstić information content (AvgIpc) is 2.40. The van der Waals surface area contributed by atoms with E-state index in [1.54, 1.807) is 0 Å². The van der Waals surface area contributed by atoms with Gasteiger partial charge in [0.05, 0.1) is 0 Å². The molecule has 0 aliphatic heterocycles. The van der Waals surface area contributed by atoms with Crippen LogP contribution < -0.4 is 0 Å². The van der Waals surface area contributed by atoms with Crippen molar-refractivity contribution in [1.29, 1.82) is 0 Å². The summed E-state index contributed by atoms with van der Waals surface area (Å²) >= 11 is 0. The van der Waals surface area contributed by atoms with Crippen molar-refractivity contribution in [2.75, 3.05) is 0 Å². The van der Waals surface area contributed by atoms with Crippen LogP contribution >= 0.6 is 0 Å². The van der Waals surface area contributed by atoms with E-state index in [1.807, 2.05) is 0 Å². The molecule has 13 heavy (non-hydrogen) atoms. The molecule has 0 saturated carbocycles. The van der Waals surface area contributed by atoms with Crippen LogP contribution in [0.1, 0.15) is 59.3 Å². The molecular formula is C13H24. The fourth-order valence-electron chi connectivity index (χ4n) is 2.24. The van der Waals surface area contributed by atoms with Crippen molar-refractivity contribution in [1.82, 2.24) is 0 Å². The Kier molecular flexibility index (Phi) is 4.02. The first kappa shape index (κ1) is 10.8. The normalized spacial score (nSPS) is 25.3. The molecule has 1 aliphatic carbocycles. The molecule has 0 N–H and O–H groups in total. The van der Waals surface area contributed by atoms with E-state index in [0.717, 1.165) is 5.92 Å². The highest BCUT2D eigenvalue weighted by atomic mass is 14.3. The predicted octanol–water partition coefficient (Wildman–Crippen LogP) is 4.56. The summed E-state index contributed by atoms with van der Waals surface area (Å²) in [7, 11) is 0. The van der Waals surface area contributed by atoms with Gasteiger partial charge in [0, 0.05) is 0 Å². The van der Waals surface area contributed by atoms with E-state index in [1.165, 1.54) is 38.5 Å². The van der Waals surface area contributed by atoms with Gasteiger partial charge in [0.25, 0.3) is 0 Å². The van der Waals surface area contributed by atoms with Crippen LogP contribution in [0.4, 0.5) is 0 Å². The smallest absolute Gasteiger partial charge is 0.0169 e. The Morgan fingerprint density at radius 2 is 2.00 bits per heavy atom. The van der Waals surface area contributed by atoms with Gasteiger partial charge in [-0.15, -0.1) is 0 Å². The zero-order valence-corrected chi connectivity index (χ0v) is 9.47. The molecule has 1 unspecified atom stereocenters.